The van der Waals surface area contributed by atoms with Crippen molar-refractivity contribution in [3.8, 4) is 0 Å². The lowest BCUT2D eigenvalue weighted by atomic mass is 9.63. The molecule has 0 heterocycles. The Hall–Kier alpha value is -0.890. The average molecular weight is 236 g/mol. The summed E-state index contributed by atoms with van der Waals surface area (Å²) in [6, 6.07) is 6.39. The van der Waals surface area contributed by atoms with E-state index in [4.69, 9.17) is 0 Å². The molecule has 1 nitrogen and oxygen atoms in total. The zero-order valence-corrected chi connectivity index (χ0v) is 10.8. The van der Waals surface area contributed by atoms with E-state index in [9.17, 15) is 9.50 Å². The van der Waals surface area contributed by atoms with Crippen LogP contribution in [-0.2, 0) is 5.60 Å². The zero-order chi connectivity index (χ0) is 12.7. The van der Waals surface area contributed by atoms with Gasteiger partial charge in [-0.15, -0.1) is 0 Å². The van der Waals surface area contributed by atoms with Gasteiger partial charge in [0.1, 0.15) is 5.82 Å². The lowest BCUT2D eigenvalue weighted by Gasteiger charge is -2.45. The minimum atomic E-state index is -0.863. The third kappa shape index (κ3) is 2.37. The van der Waals surface area contributed by atoms with Crippen LogP contribution in [0.3, 0.4) is 0 Å². The predicted octanol–water partition coefficient (Wildman–Crippen LogP) is 3.86. The molecule has 0 amide bonds. The summed E-state index contributed by atoms with van der Waals surface area (Å²) < 4.78 is 13.3. The van der Waals surface area contributed by atoms with Gasteiger partial charge in [0, 0.05) is 0 Å². The first-order valence-electron chi connectivity index (χ1n) is 6.32. The second kappa shape index (κ2) is 4.09. The highest BCUT2D eigenvalue weighted by atomic mass is 19.1. The highest BCUT2D eigenvalue weighted by Crippen LogP contribution is 2.48. The quantitative estimate of drug-likeness (QED) is 0.785. The van der Waals surface area contributed by atoms with Crippen LogP contribution in [-0.4, -0.2) is 5.11 Å². The lowest BCUT2D eigenvalue weighted by molar-refractivity contribution is -0.0771. The van der Waals surface area contributed by atoms with Crippen LogP contribution < -0.4 is 0 Å². The van der Waals surface area contributed by atoms with Crippen LogP contribution in [0.15, 0.2) is 24.3 Å². The third-order valence-electron chi connectivity index (χ3n) is 4.18. The van der Waals surface area contributed by atoms with E-state index in [1.807, 2.05) is 6.07 Å². The van der Waals surface area contributed by atoms with Crippen molar-refractivity contribution in [2.24, 2.45) is 11.3 Å². The summed E-state index contributed by atoms with van der Waals surface area (Å²) in [4.78, 5) is 0. The smallest absolute Gasteiger partial charge is 0.123 e. The molecule has 0 aliphatic heterocycles. The van der Waals surface area contributed by atoms with Gasteiger partial charge < -0.3 is 5.11 Å². The van der Waals surface area contributed by atoms with Crippen molar-refractivity contribution in [1.29, 1.82) is 0 Å². The SMILES string of the molecule is CC1CC(C)(C)CCC1(O)c1cccc(F)c1. The molecule has 0 bridgehead atoms. The van der Waals surface area contributed by atoms with E-state index in [0.717, 1.165) is 18.4 Å². The van der Waals surface area contributed by atoms with Gasteiger partial charge >= 0.3 is 0 Å². The summed E-state index contributed by atoms with van der Waals surface area (Å²) in [5.74, 6) is -0.110. The van der Waals surface area contributed by atoms with Gasteiger partial charge in [0.25, 0.3) is 0 Å². The maximum absolute atomic E-state index is 13.3. The molecule has 2 rings (SSSR count). The van der Waals surface area contributed by atoms with Gasteiger partial charge in [-0.3, -0.25) is 0 Å². The summed E-state index contributed by atoms with van der Waals surface area (Å²) >= 11 is 0. The minimum Gasteiger partial charge on any atom is -0.385 e. The van der Waals surface area contributed by atoms with Crippen molar-refractivity contribution in [3.05, 3.63) is 35.6 Å². The van der Waals surface area contributed by atoms with Gasteiger partial charge in [0.05, 0.1) is 5.60 Å². The molecule has 2 atom stereocenters. The maximum Gasteiger partial charge on any atom is 0.123 e. The molecule has 17 heavy (non-hydrogen) atoms. The largest absolute Gasteiger partial charge is 0.385 e. The molecule has 0 aromatic heterocycles. The predicted molar refractivity (Wildman–Crippen MR) is 67.1 cm³/mol. The molecule has 1 aliphatic rings. The standard InChI is InChI=1S/C15H21FO/c1-11-10-14(2,3)7-8-15(11,17)12-5-4-6-13(16)9-12/h4-6,9,11,17H,7-8,10H2,1-3H3. The Kier molecular flexibility index (Phi) is 3.03. The minimum absolute atomic E-state index is 0.160. The normalized spacial score (nSPS) is 32.4. The number of hydrogen-bond donors (Lipinski definition) is 1. The van der Waals surface area contributed by atoms with Crippen LogP contribution in [0.25, 0.3) is 0 Å². The topological polar surface area (TPSA) is 20.2 Å². The Balaban J connectivity index is 2.31. The lowest BCUT2D eigenvalue weighted by Crippen LogP contribution is -2.41. The van der Waals surface area contributed by atoms with E-state index in [1.165, 1.54) is 12.1 Å². The molecule has 2 heteroatoms. The number of halogens is 1. The van der Waals surface area contributed by atoms with Gasteiger partial charge in [-0.05, 0) is 48.3 Å². The van der Waals surface area contributed by atoms with Crippen LogP contribution in [0.1, 0.15) is 45.6 Å². The molecule has 1 saturated carbocycles. The fourth-order valence-electron chi connectivity index (χ4n) is 3.06. The van der Waals surface area contributed by atoms with Crippen LogP contribution >= 0.6 is 0 Å². The van der Waals surface area contributed by atoms with E-state index in [2.05, 4.69) is 20.8 Å². The fraction of sp³-hybridized carbons (Fsp3) is 0.600. The van der Waals surface area contributed by atoms with Crippen LogP contribution in [0, 0.1) is 17.2 Å². The molecule has 1 N–H and O–H groups in total. The summed E-state index contributed by atoms with van der Waals surface area (Å²) in [5.41, 5.74) is 0.136. The molecular formula is C15H21FO. The number of benzene rings is 1. The molecule has 1 aliphatic carbocycles. The van der Waals surface area contributed by atoms with Gasteiger partial charge in [0.2, 0.25) is 0 Å². The molecule has 0 spiro atoms. The summed E-state index contributed by atoms with van der Waals surface area (Å²) in [6.07, 6.45) is 2.66. The first kappa shape index (κ1) is 12.6. The van der Waals surface area contributed by atoms with Gasteiger partial charge in [-0.1, -0.05) is 32.9 Å². The molecule has 0 saturated heterocycles. The van der Waals surface area contributed by atoms with Crippen molar-refractivity contribution < 1.29 is 9.50 Å². The van der Waals surface area contributed by atoms with Crippen molar-refractivity contribution >= 4 is 0 Å². The zero-order valence-electron chi connectivity index (χ0n) is 10.8. The van der Waals surface area contributed by atoms with Crippen LogP contribution in [0.2, 0.25) is 0 Å². The van der Waals surface area contributed by atoms with E-state index in [-0.39, 0.29) is 17.2 Å². The molecular weight excluding hydrogens is 215 g/mol. The van der Waals surface area contributed by atoms with E-state index >= 15 is 0 Å². The van der Waals surface area contributed by atoms with Crippen molar-refractivity contribution in [2.75, 3.05) is 0 Å². The number of hydrogen-bond acceptors (Lipinski definition) is 1. The highest BCUT2D eigenvalue weighted by Gasteiger charge is 2.43. The molecule has 1 aromatic carbocycles. The second-order valence-electron chi connectivity index (χ2n) is 6.20. The summed E-state index contributed by atoms with van der Waals surface area (Å²) in [7, 11) is 0. The average Bonchev–Trinajstić information content (AvgIpc) is 2.24. The maximum atomic E-state index is 13.3. The Bertz CT molecular complexity index is 413. The van der Waals surface area contributed by atoms with E-state index in [1.54, 1.807) is 6.07 Å². The van der Waals surface area contributed by atoms with Gasteiger partial charge in [-0.25, -0.2) is 4.39 Å². The van der Waals surface area contributed by atoms with Gasteiger partial charge in [-0.2, -0.15) is 0 Å². The Morgan fingerprint density at radius 1 is 1.29 bits per heavy atom. The number of aliphatic hydroxyl groups is 1. The summed E-state index contributed by atoms with van der Waals surface area (Å²) in [6.45, 7) is 6.52. The van der Waals surface area contributed by atoms with Gasteiger partial charge in [0.15, 0.2) is 0 Å². The van der Waals surface area contributed by atoms with Crippen molar-refractivity contribution in [1.82, 2.24) is 0 Å². The molecule has 0 radical (unpaired) electrons. The summed E-state index contributed by atoms with van der Waals surface area (Å²) in [5, 5.41) is 10.8. The third-order valence-corrected chi connectivity index (χ3v) is 4.18. The molecule has 1 aromatic rings. The van der Waals surface area contributed by atoms with Crippen LogP contribution in [0.4, 0.5) is 4.39 Å². The molecule has 1 fully saturated rings. The number of rotatable bonds is 1. The van der Waals surface area contributed by atoms with E-state index in [0.29, 0.717) is 6.42 Å². The highest BCUT2D eigenvalue weighted by molar-refractivity contribution is 5.25. The first-order chi connectivity index (χ1) is 7.83. The van der Waals surface area contributed by atoms with Crippen molar-refractivity contribution in [3.63, 3.8) is 0 Å². The Morgan fingerprint density at radius 3 is 2.59 bits per heavy atom. The van der Waals surface area contributed by atoms with Crippen molar-refractivity contribution in [2.45, 2.75) is 45.6 Å². The van der Waals surface area contributed by atoms with E-state index < -0.39 is 5.60 Å². The molecule has 2 unspecified atom stereocenters. The fourth-order valence-corrected chi connectivity index (χ4v) is 3.06. The molecule has 94 valence electrons. The monoisotopic (exact) mass is 236 g/mol. The first-order valence-corrected chi connectivity index (χ1v) is 6.32. The Morgan fingerprint density at radius 2 is 2.00 bits per heavy atom. The Labute approximate surface area is 103 Å². The second-order valence-corrected chi connectivity index (χ2v) is 6.20. The van der Waals surface area contributed by atoms with Crippen LogP contribution in [0.5, 0.6) is 0 Å².